The second-order valence-corrected chi connectivity index (χ2v) is 6.28. The minimum Gasteiger partial charge on any atom is -0.345 e. The Bertz CT molecular complexity index is 495. The third-order valence-electron chi connectivity index (χ3n) is 4.31. The normalized spacial score (nSPS) is 26.3. The van der Waals surface area contributed by atoms with Gasteiger partial charge in [-0.25, -0.2) is 4.39 Å². The predicted molar refractivity (Wildman–Crippen MR) is 79.7 cm³/mol. The van der Waals surface area contributed by atoms with Crippen molar-refractivity contribution in [1.29, 1.82) is 0 Å². The van der Waals surface area contributed by atoms with Crippen LogP contribution in [0.1, 0.15) is 48.5 Å². The summed E-state index contributed by atoms with van der Waals surface area (Å²) in [6.07, 6.45) is 3.90. The van der Waals surface area contributed by atoms with Crippen molar-refractivity contribution in [2.45, 2.75) is 45.1 Å². The van der Waals surface area contributed by atoms with E-state index in [1.165, 1.54) is 12.1 Å². The SMILES string of the molecule is Cc1ccc(F)cc1C(=O)NC1(CCl)CCC(C)CC1. The highest BCUT2D eigenvalue weighted by Crippen LogP contribution is 2.33. The number of carbonyl (C=O) groups excluding carboxylic acids is 1. The summed E-state index contributed by atoms with van der Waals surface area (Å²) in [5, 5.41) is 3.05. The van der Waals surface area contributed by atoms with Crippen LogP contribution in [0, 0.1) is 18.7 Å². The third kappa shape index (κ3) is 3.32. The van der Waals surface area contributed by atoms with Crippen molar-refractivity contribution < 1.29 is 9.18 Å². The van der Waals surface area contributed by atoms with Crippen LogP contribution in [-0.4, -0.2) is 17.3 Å². The Morgan fingerprint density at radius 2 is 2.10 bits per heavy atom. The van der Waals surface area contributed by atoms with Crippen LogP contribution < -0.4 is 5.32 Å². The van der Waals surface area contributed by atoms with Crippen LogP contribution in [0.25, 0.3) is 0 Å². The fraction of sp³-hybridized carbons (Fsp3) is 0.562. The van der Waals surface area contributed by atoms with Gasteiger partial charge in [-0.3, -0.25) is 4.79 Å². The lowest BCUT2D eigenvalue weighted by atomic mass is 9.78. The van der Waals surface area contributed by atoms with Crippen LogP contribution >= 0.6 is 11.6 Å². The Balaban J connectivity index is 2.15. The molecular formula is C16H21ClFNO. The van der Waals surface area contributed by atoms with Gasteiger partial charge in [0.2, 0.25) is 0 Å². The van der Waals surface area contributed by atoms with Crippen molar-refractivity contribution >= 4 is 17.5 Å². The number of alkyl halides is 1. The number of nitrogens with one attached hydrogen (secondary N) is 1. The molecule has 0 bridgehead atoms. The molecule has 0 aliphatic heterocycles. The zero-order valence-electron chi connectivity index (χ0n) is 12.0. The van der Waals surface area contributed by atoms with Crippen molar-refractivity contribution in [3.05, 3.63) is 35.1 Å². The summed E-state index contributed by atoms with van der Waals surface area (Å²) in [5.74, 6) is 0.467. The van der Waals surface area contributed by atoms with Gasteiger partial charge in [-0.2, -0.15) is 0 Å². The molecule has 0 heterocycles. The Hall–Kier alpha value is -1.09. The number of hydrogen-bond donors (Lipinski definition) is 1. The summed E-state index contributed by atoms with van der Waals surface area (Å²) in [5.41, 5.74) is 0.829. The highest BCUT2D eigenvalue weighted by Gasteiger charge is 2.35. The molecule has 2 nitrogen and oxygen atoms in total. The van der Waals surface area contributed by atoms with Gasteiger partial charge in [-0.1, -0.05) is 13.0 Å². The number of hydrogen-bond acceptors (Lipinski definition) is 1. The molecule has 2 rings (SSSR count). The molecular weight excluding hydrogens is 277 g/mol. The van der Waals surface area contributed by atoms with Crippen molar-refractivity contribution in [1.82, 2.24) is 5.32 Å². The van der Waals surface area contributed by atoms with E-state index < -0.39 is 5.82 Å². The van der Waals surface area contributed by atoms with Crippen LogP contribution in [0.5, 0.6) is 0 Å². The van der Waals surface area contributed by atoms with Gasteiger partial charge < -0.3 is 5.32 Å². The summed E-state index contributed by atoms with van der Waals surface area (Å²) < 4.78 is 13.3. The van der Waals surface area contributed by atoms with E-state index in [1.54, 1.807) is 6.07 Å². The first-order valence-electron chi connectivity index (χ1n) is 7.10. The van der Waals surface area contributed by atoms with E-state index in [0.29, 0.717) is 17.4 Å². The van der Waals surface area contributed by atoms with E-state index in [1.807, 2.05) is 6.92 Å². The molecule has 1 fully saturated rings. The van der Waals surface area contributed by atoms with Crippen LogP contribution in [0.3, 0.4) is 0 Å². The van der Waals surface area contributed by atoms with Crippen molar-refractivity contribution in [2.24, 2.45) is 5.92 Å². The maximum atomic E-state index is 13.3. The first-order valence-corrected chi connectivity index (χ1v) is 7.64. The highest BCUT2D eigenvalue weighted by atomic mass is 35.5. The number of halogens is 2. The van der Waals surface area contributed by atoms with Gasteiger partial charge in [0.1, 0.15) is 5.82 Å². The molecule has 1 saturated carbocycles. The lowest BCUT2D eigenvalue weighted by molar-refractivity contribution is 0.0871. The quantitative estimate of drug-likeness (QED) is 0.838. The average Bonchev–Trinajstić information content (AvgIpc) is 2.44. The third-order valence-corrected chi connectivity index (χ3v) is 4.82. The fourth-order valence-corrected chi connectivity index (χ4v) is 3.09. The molecule has 0 aromatic heterocycles. The van der Waals surface area contributed by atoms with Crippen LogP contribution in [0.4, 0.5) is 4.39 Å². The molecule has 0 atom stereocenters. The Kier molecular flexibility index (Phi) is 4.69. The second-order valence-electron chi connectivity index (χ2n) is 6.01. The van der Waals surface area contributed by atoms with E-state index in [-0.39, 0.29) is 11.4 Å². The minimum absolute atomic E-state index is 0.225. The fourth-order valence-electron chi connectivity index (χ4n) is 2.75. The van der Waals surface area contributed by atoms with Gasteiger partial charge in [0.25, 0.3) is 5.91 Å². The summed E-state index contributed by atoms with van der Waals surface area (Å²) in [6, 6.07) is 4.28. The number of rotatable bonds is 3. The molecule has 1 N–H and O–H groups in total. The minimum atomic E-state index is -0.391. The topological polar surface area (TPSA) is 29.1 Å². The van der Waals surface area contributed by atoms with E-state index in [4.69, 9.17) is 11.6 Å². The Morgan fingerprint density at radius 1 is 1.45 bits per heavy atom. The molecule has 1 aliphatic rings. The molecule has 0 unspecified atom stereocenters. The van der Waals surface area contributed by atoms with Crippen LogP contribution in [-0.2, 0) is 0 Å². The zero-order chi connectivity index (χ0) is 14.8. The van der Waals surface area contributed by atoms with E-state index in [2.05, 4.69) is 12.2 Å². The van der Waals surface area contributed by atoms with Crippen molar-refractivity contribution in [3.63, 3.8) is 0 Å². The first kappa shape index (κ1) is 15.3. The summed E-state index contributed by atoms with van der Waals surface area (Å²) in [6.45, 7) is 4.03. The van der Waals surface area contributed by atoms with Crippen LogP contribution in [0.15, 0.2) is 18.2 Å². The van der Waals surface area contributed by atoms with Crippen molar-refractivity contribution in [3.8, 4) is 0 Å². The highest BCUT2D eigenvalue weighted by molar-refractivity contribution is 6.19. The molecule has 0 spiro atoms. The van der Waals surface area contributed by atoms with Gasteiger partial charge in [-0.05, 0) is 56.2 Å². The largest absolute Gasteiger partial charge is 0.345 e. The summed E-state index contributed by atoms with van der Waals surface area (Å²) in [7, 11) is 0. The lowest BCUT2D eigenvalue weighted by Crippen LogP contribution is -2.52. The average molecular weight is 298 g/mol. The molecule has 4 heteroatoms. The molecule has 20 heavy (non-hydrogen) atoms. The number of carbonyl (C=O) groups is 1. The Morgan fingerprint density at radius 3 is 2.70 bits per heavy atom. The summed E-state index contributed by atoms with van der Waals surface area (Å²) >= 11 is 6.10. The summed E-state index contributed by atoms with van der Waals surface area (Å²) in [4.78, 5) is 12.4. The second kappa shape index (κ2) is 6.13. The molecule has 1 aromatic rings. The molecule has 0 saturated heterocycles. The Labute approximate surface area is 124 Å². The maximum absolute atomic E-state index is 13.3. The van der Waals surface area contributed by atoms with Gasteiger partial charge >= 0.3 is 0 Å². The lowest BCUT2D eigenvalue weighted by Gasteiger charge is -2.38. The van der Waals surface area contributed by atoms with E-state index in [0.717, 1.165) is 31.2 Å². The molecule has 1 amide bonds. The smallest absolute Gasteiger partial charge is 0.252 e. The van der Waals surface area contributed by atoms with Crippen LogP contribution in [0.2, 0.25) is 0 Å². The first-order chi connectivity index (χ1) is 9.46. The molecule has 1 aliphatic carbocycles. The predicted octanol–water partition coefficient (Wildman–Crippen LogP) is 4.05. The molecule has 1 aromatic carbocycles. The standard InChI is InChI=1S/C16H21ClFNO/c1-11-5-7-16(10-17,8-6-11)19-15(20)14-9-13(18)4-3-12(14)2/h3-4,9,11H,5-8,10H2,1-2H3,(H,19,20). The number of benzene rings is 1. The molecule has 110 valence electrons. The zero-order valence-corrected chi connectivity index (χ0v) is 12.8. The van der Waals surface area contributed by atoms with Gasteiger partial charge in [0.05, 0.1) is 5.54 Å². The number of aryl methyl sites for hydroxylation is 1. The van der Waals surface area contributed by atoms with E-state index >= 15 is 0 Å². The molecule has 0 radical (unpaired) electrons. The van der Waals surface area contributed by atoms with Gasteiger partial charge in [0.15, 0.2) is 0 Å². The van der Waals surface area contributed by atoms with Crippen molar-refractivity contribution in [2.75, 3.05) is 5.88 Å². The van der Waals surface area contributed by atoms with Gasteiger partial charge in [0, 0.05) is 11.4 Å². The number of amides is 1. The van der Waals surface area contributed by atoms with Gasteiger partial charge in [-0.15, -0.1) is 11.6 Å². The monoisotopic (exact) mass is 297 g/mol. The van der Waals surface area contributed by atoms with E-state index in [9.17, 15) is 9.18 Å². The maximum Gasteiger partial charge on any atom is 0.252 e.